The van der Waals surface area contributed by atoms with Crippen LogP contribution in [0.15, 0.2) is 42.9 Å². The molecule has 4 rings (SSSR count). The van der Waals surface area contributed by atoms with E-state index in [9.17, 15) is 4.79 Å². The number of carbonyl (C=O) groups is 1. The van der Waals surface area contributed by atoms with E-state index in [4.69, 9.17) is 9.47 Å². The Morgan fingerprint density at radius 2 is 2.00 bits per heavy atom. The maximum Gasteiger partial charge on any atom is 0.277 e. The number of carbonyl (C=O) groups excluding carboxylic acids is 1. The molecule has 0 bridgehead atoms. The molecule has 0 atom stereocenters. The van der Waals surface area contributed by atoms with E-state index >= 15 is 0 Å². The van der Waals surface area contributed by atoms with Gasteiger partial charge in [0.1, 0.15) is 18.0 Å². The average molecular weight is 352 g/mol. The molecule has 3 aromatic rings. The van der Waals surface area contributed by atoms with E-state index in [2.05, 4.69) is 20.1 Å². The molecule has 1 aliphatic heterocycles. The number of pyridine rings is 1. The van der Waals surface area contributed by atoms with E-state index in [1.165, 1.54) is 19.5 Å². The SMILES string of the molecule is COc1nccnc1N1CCn2nc(COc3ccccn3)cc2C1=O. The maximum atomic E-state index is 12.9. The first-order valence-corrected chi connectivity index (χ1v) is 8.03. The zero-order chi connectivity index (χ0) is 17.9. The number of nitrogens with zero attached hydrogens (tertiary/aromatic N) is 6. The Morgan fingerprint density at radius 3 is 2.81 bits per heavy atom. The lowest BCUT2D eigenvalue weighted by molar-refractivity contribution is 0.0960. The van der Waals surface area contributed by atoms with Crippen molar-refractivity contribution < 1.29 is 14.3 Å². The Labute approximate surface area is 149 Å². The van der Waals surface area contributed by atoms with Crippen molar-refractivity contribution in [1.29, 1.82) is 0 Å². The third-order valence-electron chi connectivity index (χ3n) is 3.93. The normalized spacial score (nSPS) is 13.4. The van der Waals surface area contributed by atoms with E-state index in [1.54, 1.807) is 27.9 Å². The van der Waals surface area contributed by atoms with Crippen LogP contribution in [0, 0.1) is 0 Å². The lowest BCUT2D eigenvalue weighted by atomic mass is 10.2. The molecule has 9 nitrogen and oxygen atoms in total. The lowest BCUT2D eigenvalue weighted by Crippen LogP contribution is -2.41. The van der Waals surface area contributed by atoms with Crippen molar-refractivity contribution in [3.05, 3.63) is 54.2 Å². The summed E-state index contributed by atoms with van der Waals surface area (Å²) in [6.45, 7) is 1.21. The predicted molar refractivity (Wildman–Crippen MR) is 91.1 cm³/mol. The van der Waals surface area contributed by atoms with Gasteiger partial charge < -0.3 is 9.47 Å². The summed E-state index contributed by atoms with van der Waals surface area (Å²) in [7, 11) is 1.50. The van der Waals surface area contributed by atoms with Crippen molar-refractivity contribution in [2.45, 2.75) is 13.2 Å². The van der Waals surface area contributed by atoms with Crippen LogP contribution >= 0.6 is 0 Å². The number of aromatic nitrogens is 5. The summed E-state index contributed by atoms with van der Waals surface area (Å²) < 4.78 is 12.5. The molecular formula is C17H16N6O3. The van der Waals surface area contributed by atoms with E-state index in [0.29, 0.717) is 42.1 Å². The van der Waals surface area contributed by atoms with Gasteiger partial charge in [0.15, 0.2) is 5.82 Å². The number of amides is 1. The average Bonchev–Trinajstić information content (AvgIpc) is 3.12. The molecule has 0 radical (unpaired) electrons. The second-order valence-electron chi connectivity index (χ2n) is 5.55. The number of hydrogen-bond donors (Lipinski definition) is 0. The predicted octanol–water partition coefficient (Wildman–Crippen LogP) is 1.32. The van der Waals surface area contributed by atoms with Crippen LogP contribution in [0.25, 0.3) is 0 Å². The summed E-state index contributed by atoms with van der Waals surface area (Å²) in [6, 6.07) is 7.15. The Kier molecular flexibility index (Phi) is 4.18. The highest BCUT2D eigenvalue weighted by Crippen LogP contribution is 2.26. The van der Waals surface area contributed by atoms with Crippen molar-refractivity contribution >= 4 is 11.7 Å². The number of anilines is 1. The minimum Gasteiger partial charge on any atom is -0.478 e. The van der Waals surface area contributed by atoms with Crippen molar-refractivity contribution in [2.24, 2.45) is 0 Å². The fraction of sp³-hybridized carbons (Fsp3) is 0.235. The van der Waals surface area contributed by atoms with Gasteiger partial charge in [0.2, 0.25) is 5.88 Å². The topological polar surface area (TPSA) is 95.3 Å². The van der Waals surface area contributed by atoms with Crippen LogP contribution in [0.1, 0.15) is 16.2 Å². The summed E-state index contributed by atoms with van der Waals surface area (Å²) in [5.41, 5.74) is 1.13. The Bertz CT molecular complexity index is 927. The molecule has 1 aliphatic rings. The highest BCUT2D eigenvalue weighted by molar-refractivity contribution is 6.05. The summed E-state index contributed by atoms with van der Waals surface area (Å²) in [6.07, 6.45) is 4.71. The summed E-state index contributed by atoms with van der Waals surface area (Å²) in [5, 5.41) is 4.44. The van der Waals surface area contributed by atoms with Gasteiger partial charge in [-0.1, -0.05) is 6.07 Å². The van der Waals surface area contributed by atoms with Gasteiger partial charge in [-0.25, -0.2) is 15.0 Å². The molecule has 0 saturated heterocycles. The van der Waals surface area contributed by atoms with Crippen LogP contribution in [-0.4, -0.2) is 44.3 Å². The van der Waals surface area contributed by atoms with Gasteiger partial charge in [0.05, 0.1) is 13.7 Å². The molecule has 0 fully saturated rings. The molecule has 9 heteroatoms. The van der Waals surface area contributed by atoms with Crippen LogP contribution in [0.3, 0.4) is 0 Å². The molecule has 1 amide bonds. The van der Waals surface area contributed by atoms with Crippen LogP contribution in [-0.2, 0) is 13.2 Å². The number of ether oxygens (including phenoxy) is 2. The number of hydrogen-bond acceptors (Lipinski definition) is 7. The lowest BCUT2D eigenvalue weighted by Gasteiger charge is -2.26. The standard InChI is InChI=1S/C17H16N6O3/c1-25-16-15(19-6-7-20-16)22-8-9-23-13(17(22)24)10-12(21-23)11-26-14-4-2-3-5-18-14/h2-7,10H,8-9,11H2,1H3. The molecule has 0 saturated carbocycles. The van der Waals surface area contributed by atoms with Crippen molar-refractivity contribution in [2.75, 3.05) is 18.6 Å². The number of methoxy groups -OCH3 is 1. The first-order chi connectivity index (χ1) is 12.8. The Morgan fingerprint density at radius 1 is 1.12 bits per heavy atom. The maximum absolute atomic E-state index is 12.9. The van der Waals surface area contributed by atoms with Crippen molar-refractivity contribution in [1.82, 2.24) is 24.7 Å². The van der Waals surface area contributed by atoms with Crippen LogP contribution in [0.2, 0.25) is 0 Å². The highest BCUT2D eigenvalue weighted by Gasteiger charge is 2.30. The van der Waals surface area contributed by atoms with Gasteiger partial charge in [-0.3, -0.25) is 14.4 Å². The molecule has 0 unspecified atom stereocenters. The first-order valence-electron chi connectivity index (χ1n) is 8.03. The van der Waals surface area contributed by atoms with Crippen molar-refractivity contribution in [3.8, 4) is 11.8 Å². The molecule has 0 N–H and O–H groups in total. The fourth-order valence-electron chi connectivity index (χ4n) is 2.75. The van der Waals surface area contributed by atoms with Gasteiger partial charge in [0.25, 0.3) is 11.8 Å². The molecule has 3 aromatic heterocycles. The van der Waals surface area contributed by atoms with Crippen LogP contribution in [0.4, 0.5) is 5.82 Å². The Hall–Kier alpha value is -3.49. The molecule has 26 heavy (non-hydrogen) atoms. The van der Waals surface area contributed by atoms with E-state index in [-0.39, 0.29) is 12.5 Å². The molecular weight excluding hydrogens is 336 g/mol. The summed E-state index contributed by atoms with van der Waals surface area (Å²) in [5.74, 6) is 1.02. The van der Waals surface area contributed by atoms with E-state index in [1.807, 2.05) is 12.1 Å². The monoisotopic (exact) mass is 352 g/mol. The van der Waals surface area contributed by atoms with E-state index < -0.39 is 0 Å². The number of fused-ring (bicyclic) bond motifs is 1. The molecule has 4 heterocycles. The van der Waals surface area contributed by atoms with Gasteiger partial charge >= 0.3 is 0 Å². The zero-order valence-corrected chi connectivity index (χ0v) is 14.1. The largest absolute Gasteiger partial charge is 0.478 e. The van der Waals surface area contributed by atoms with Gasteiger partial charge in [0, 0.05) is 31.2 Å². The Balaban J connectivity index is 1.54. The third-order valence-corrected chi connectivity index (χ3v) is 3.93. The molecule has 0 spiro atoms. The summed E-state index contributed by atoms with van der Waals surface area (Å²) in [4.78, 5) is 26.8. The zero-order valence-electron chi connectivity index (χ0n) is 14.1. The second kappa shape index (κ2) is 6.79. The third kappa shape index (κ3) is 2.94. The number of rotatable bonds is 5. The molecule has 0 aromatic carbocycles. The minimum absolute atomic E-state index is 0.202. The first kappa shape index (κ1) is 16.0. The van der Waals surface area contributed by atoms with Crippen molar-refractivity contribution in [3.63, 3.8) is 0 Å². The molecule has 0 aliphatic carbocycles. The van der Waals surface area contributed by atoms with Gasteiger partial charge in [-0.05, 0) is 12.1 Å². The van der Waals surface area contributed by atoms with Gasteiger partial charge in [-0.15, -0.1) is 0 Å². The fourth-order valence-corrected chi connectivity index (χ4v) is 2.75. The quantitative estimate of drug-likeness (QED) is 0.683. The van der Waals surface area contributed by atoms with Crippen LogP contribution in [0.5, 0.6) is 11.8 Å². The summed E-state index contributed by atoms with van der Waals surface area (Å²) >= 11 is 0. The smallest absolute Gasteiger partial charge is 0.277 e. The van der Waals surface area contributed by atoms with Crippen LogP contribution < -0.4 is 14.4 Å². The molecule has 132 valence electrons. The van der Waals surface area contributed by atoms with Gasteiger partial charge in [-0.2, -0.15) is 5.10 Å². The minimum atomic E-state index is -0.202. The second-order valence-corrected chi connectivity index (χ2v) is 5.55. The van der Waals surface area contributed by atoms with E-state index in [0.717, 1.165) is 0 Å². The highest BCUT2D eigenvalue weighted by atomic mass is 16.5.